The minimum atomic E-state index is -0.896. The maximum atomic E-state index is 12.2. The fourth-order valence-electron chi connectivity index (χ4n) is 2.71. The summed E-state index contributed by atoms with van der Waals surface area (Å²) in [5.41, 5.74) is -0.520. The van der Waals surface area contributed by atoms with Crippen LogP contribution in [0.1, 0.15) is 10.4 Å². The Morgan fingerprint density at radius 3 is 2.62 bits per heavy atom. The molecule has 2 N–H and O–H groups in total. The van der Waals surface area contributed by atoms with E-state index in [4.69, 9.17) is 9.47 Å². The molecule has 0 saturated heterocycles. The van der Waals surface area contributed by atoms with Gasteiger partial charge in [-0.2, -0.15) is 0 Å². The molecule has 0 spiro atoms. The molecular formula is C20H16N2O7. The highest BCUT2D eigenvalue weighted by Crippen LogP contribution is 2.30. The van der Waals surface area contributed by atoms with E-state index in [1.807, 2.05) is 0 Å². The lowest BCUT2D eigenvalue weighted by Crippen LogP contribution is -2.21. The number of amides is 1. The standard InChI is InChI=1S/C20H16N2O7/c1-28-13-7-9-16(17(10-13)22(26)27)21-18(23)11-29-20(25)15-8-6-12-4-2-3-5-14(12)19(15)24/h2-10,24H,11H2,1H3,(H,21,23). The summed E-state index contributed by atoms with van der Waals surface area (Å²) in [5, 5.41) is 25.0. The average Bonchev–Trinajstić information content (AvgIpc) is 2.72. The molecule has 0 unspecified atom stereocenters. The topological polar surface area (TPSA) is 128 Å². The van der Waals surface area contributed by atoms with Gasteiger partial charge in [-0.25, -0.2) is 4.79 Å². The maximum absolute atomic E-state index is 12.2. The second-order valence-electron chi connectivity index (χ2n) is 5.95. The number of hydrogen-bond acceptors (Lipinski definition) is 7. The predicted octanol–water partition coefficient (Wildman–Crippen LogP) is 3.26. The molecule has 0 aromatic heterocycles. The molecule has 0 bridgehead atoms. The van der Waals surface area contributed by atoms with Crippen LogP contribution in [0.25, 0.3) is 10.8 Å². The summed E-state index contributed by atoms with van der Waals surface area (Å²) in [4.78, 5) is 34.8. The van der Waals surface area contributed by atoms with Crippen LogP contribution >= 0.6 is 0 Å². The molecule has 9 nitrogen and oxygen atoms in total. The number of nitro groups is 1. The molecule has 29 heavy (non-hydrogen) atoms. The summed E-state index contributed by atoms with van der Waals surface area (Å²) < 4.78 is 9.86. The number of aromatic hydroxyl groups is 1. The molecule has 0 aliphatic rings. The Morgan fingerprint density at radius 2 is 1.90 bits per heavy atom. The van der Waals surface area contributed by atoms with Gasteiger partial charge in [-0.15, -0.1) is 0 Å². The van der Waals surface area contributed by atoms with Gasteiger partial charge in [-0.3, -0.25) is 14.9 Å². The summed E-state index contributed by atoms with van der Waals surface area (Å²) in [5.74, 6) is -1.66. The predicted molar refractivity (Wildman–Crippen MR) is 104 cm³/mol. The molecule has 3 aromatic carbocycles. The van der Waals surface area contributed by atoms with Crippen molar-refractivity contribution in [1.82, 2.24) is 0 Å². The lowest BCUT2D eigenvalue weighted by Gasteiger charge is -2.10. The van der Waals surface area contributed by atoms with Crippen LogP contribution in [0, 0.1) is 10.1 Å². The van der Waals surface area contributed by atoms with Gasteiger partial charge in [0.1, 0.15) is 22.7 Å². The van der Waals surface area contributed by atoms with Crippen LogP contribution in [-0.4, -0.2) is 35.6 Å². The summed E-state index contributed by atoms with van der Waals surface area (Å²) in [6.07, 6.45) is 0. The molecule has 0 atom stereocenters. The highest BCUT2D eigenvalue weighted by atomic mass is 16.6. The van der Waals surface area contributed by atoms with Crippen LogP contribution in [0.15, 0.2) is 54.6 Å². The monoisotopic (exact) mass is 396 g/mol. The van der Waals surface area contributed by atoms with Gasteiger partial charge in [0, 0.05) is 5.39 Å². The van der Waals surface area contributed by atoms with Gasteiger partial charge in [0.25, 0.3) is 11.6 Å². The number of methoxy groups -OCH3 is 1. The van der Waals surface area contributed by atoms with E-state index in [9.17, 15) is 24.8 Å². The molecule has 3 rings (SSSR count). The first-order valence-electron chi connectivity index (χ1n) is 8.41. The maximum Gasteiger partial charge on any atom is 0.342 e. The zero-order chi connectivity index (χ0) is 21.0. The van der Waals surface area contributed by atoms with E-state index in [0.717, 1.165) is 11.5 Å². The quantitative estimate of drug-likeness (QED) is 0.372. The second-order valence-corrected chi connectivity index (χ2v) is 5.95. The highest BCUT2D eigenvalue weighted by Gasteiger charge is 2.20. The molecule has 3 aromatic rings. The lowest BCUT2D eigenvalue weighted by molar-refractivity contribution is -0.384. The van der Waals surface area contributed by atoms with Crippen LogP contribution in [0.3, 0.4) is 0 Å². The SMILES string of the molecule is COc1ccc(NC(=O)COC(=O)c2ccc3ccccc3c2O)c([N+](=O)[O-])c1. The summed E-state index contributed by atoms with van der Waals surface area (Å²) in [7, 11) is 1.36. The van der Waals surface area contributed by atoms with E-state index < -0.39 is 23.4 Å². The Hall–Kier alpha value is -4.14. The van der Waals surface area contributed by atoms with Crippen LogP contribution in [0.2, 0.25) is 0 Å². The molecule has 0 fully saturated rings. The van der Waals surface area contributed by atoms with Gasteiger partial charge < -0.3 is 19.9 Å². The number of benzene rings is 3. The van der Waals surface area contributed by atoms with Gasteiger partial charge in [-0.1, -0.05) is 30.3 Å². The van der Waals surface area contributed by atoms with Crippen molar-refractivity contribution >= 4 is 34.0 Å². The minimum absolute atomic E-state index is 0.0644. The molecule has 0 radical (unpaired) electrons. The molecule has 9 heteroatoms. The number of anilines is 1. The lowest BCUT2D eigenvalue weighted by atomic mass is 10.1. The van der Waals surface area contributed by atoms with E-state index in [1.165, 1.54) is 25.3 Å². The second kappa shape index (κ2) is 8.26. The zero-order valence-electron chi connectivity index (χ0n) is 15.2. The van der Waals surface area contributed by atoms with Crippen molar-refractivity contribution in [2.45, 2.75) is 0 Å². The molecule has 148 valence electrons. The Labute approximate surface area is 164 Å². The third-order valence-electron chi connectivity index (χ3n) is 4.13. The third kappa shape index (κ3) is 4.24. The van der Waals surface area contributed by atoms with Crippen molar-refractivity contribution in [3.8, 4) is 11.5 Å². The van der Waals surface area contributed by atoms with Crippen molar-refractivity contribution < 1.29 is 29.1 Å². The molecule has 0 heterocycles. The van der Waals surface area contributed by atoms with E-state index in [-0.39, 0.29) is 28.4 Å². The first-order chi connectivity index (χ1) is 13.9. The van der Waals surface area contributed by atoms with Crippen LogP contribution in [-0.2, 0) is 9.53 Å². The van der Waals surface area contributed by atoms with Crippen molar-refractivity contribution in [2.75, 3.05) is 19.0 Å². The molecule has 0 aliphatic heterocycles. The number of nitrogens with zero attached hydrogens (tertiary/aromatic N) is 1. The van der Waals surface area contributed by atoms with Gasteiger partial charge in [0.05, 0.1) is 18.1 Å². The number of carbonyl (C=O) groups excluding carboxylic acids is 2. The normalized spacial score (nSPS) is 10.4. The van der Waals surface area contributed by atoms with Gasteiger partial charge in [-0.05, 0) is 23.6 Å². The number of hydrogen-bond donors (Lipinski definition) is 2. The number of esters is 1. The fourth-order valence-corrected chi connectivity index (χ4v) is 2.71. The molecular weight excluding hydrogens is 380 g/mol. The fraction of sp³-hybridized carbons (Fsp3) is 0.100. The van der Waals surface area contributed by atoms with Gasteiger partial charge in [0.2, 0.25) is 0 Å². The first-order valence-corrected chi connectivity index (χ1v) is 8.41. The van der Waals surface area contributed by atoms with Crippen LogP contribution < -0.4 is 10.1 Å². The van der Waals surface area contributed by atoms with E-state index >= 15 is 0 Å². The Balaban J connectivity index is 1.69. The number of phenolic OH excluding ortho intramolecular Hbond substituents is 1. The summed E-state index contributed by atoms with van der Waals surface area (Å²) >= 11 is 0. The number of rotatable bonds is 6. The van der Waals surface area contributed by atoms with E-state index in [1.54, 1.807) is 30.3 Å². The molecule has 0 saturated carbocycles. The first kappa shape index (κ1) is 19.6. The Morgan fingerprint density at radius 1 is 1.14 bits per heavy atom. The molecule has 1 amide bonds. The number of carbonyl (C=O) groups is 2. The number of phenols is 1. The van der Waals surface area contributed by atoms with Gasteiger partial charge >= 0.3 is 5.97 Å². The minimum Gasteiger partial charge on any atom is -0.506 e. The zero-order valence-corrected chi connectivity index (χ0v) is 15.2. The smallest absolute Gasteiger partial charge is 0.342 e. The van der Waals surface area contributed by atoms with E-state index in [0.29, 0.717) is 5.39 Å². The Kier molecular flexibility index (Phi) is 5.59. The average molecular weight is 396 g/mol. The highest BCUT2D eigenvalue weighted by molar-refractivity contribution is 6.02. The van der Waals surface area contributed by atoms with Crippen molar-refractivity contribution in [1.29, 1.82) is 0 Å². The van der Waals surface area contributed by atoms with Crippen molar-refractivity contribution in [2.24, 2.45) is 0 Å². The van der Waals surface area contributed by atoms with E-state index in [2.05, 4.69) is 5.32 Å². The summed E-state index contributed by atoms with van der Waals surface area (Å²) in [6, 6.07) is 13.9. The Bertz CT molecular complexity index is 1110. The number of nitrogens with one attached hydrogen (secondary N) is 1. The largest absolute Gasteiger partial charge is 0.506 e. The summed E-state index contributed by atoms with van der Waals surface area (Å²) in [6.45, 7) is -0.686. The number of ether oxygens (including phenoxy) is 2. The molecule has 0 aliphatic carbocycles. The van der Waals surface area contributed by atoms with Crippen molar-refractivity contribution in [3.63, 3.8) is 0 Å². The number of fused-ring (bicyclic) bond motifs is 1. The third-order valence-corrected chi connectivity index (χ3v) is 4.13. The van der Waals surface area contributed by atoms with Gasteiger partial charge in [0.15, 0.2) is 6.61 Å². The number of nitro benzene ring substituents is 1. The van der Waals surface area contributed by atoms with Crippen molar-refractivity contribution in [3.05, 3.63) is 70.3 Å². The van der Waals surface area contributed by atoms with Crippen LogP contribution in [0.4, 0.5) is 11.4 Å². The van der Waals surface area contributed by atoms with Crippen LogP contribution in [0.5, 0.6) is 11.5 Å².